The van der Waals surface area contributed by atoms with Crippen LogP contribution in [0.2, 0.25) is 0 Å². The molecule has 0 aliphatic rings. The minimum atomic E-state index is -1.12. The quantitative estimate of drug-likeness (QED) is 0.542. The van der Waals surface area contributed by atoms with Gasteiger partial charge in [-0.1, -0.05) is 0 Å². The van der Waals surface area contributed by atoms with E-state index in [1.54, 1.807) is 24.4 Å². The average Bonchev–Trinajstić information content (AvgIpc) is 2.81. The van der Waals surface area contributed by atoms with Gasteiger partial charge in [0, 0.05) is 17.1 Å². The third kappa shape index (κ3) is 3.32. The van der Waals surface area contributed by atoms with Gasteiger partial charge >= 0.3 is 5.97 Å². The van der Waals surface area contributed by atoms with Crippen molar-refractivity contribution in [3.8, 4) is 5.75 Å². The first kappa shape index (κ1) is 14.9. The van der Waals surface area contributed by atoms with Crippen LogP contribution in [0.1, 0.15) is 12.5 Å². The molecule has 2 atom stereocenters. The second-order valence-corrected chi connectivity index (χ2v) is 4.92. The Kier molecular flexibility index (Phi) is 4.13. The first-order valence-corrected chi connectivity index (χ1v) is 6.46. The van der Waals surface area contributed by atoms with Crippen molar-refractivity contribution < 1.29 is 19.8 Å². The summed E-state index contributed by atoms with van der Waals surface area (Å²) < 4.78 is 0. The highest BCUT2D eigenvalue weighted by atomic mass is 16.4. The lowest BCUT2D eigenvalue weighted by molar-refractivity contribution is -0.141. The maximum Gasteiger partial charge on any atom is 0.325 e. The van der Waals surface area contributed by atoms with Crippen LogP contribution < -0.4 is 11.1 Å². The number of hydrogen-bond acceptors (Lipinski definition) is 4. The molecule has 21 heavy (non-hydrogen) atoms. The Bertz CT molecular complexity index is 680. The summed E-state index contributed by atoms with van der Waals surface area (Å²) in [5.41, 5.74) is 7.42. The van der Waals surface area contributed by atoms with Gasteiger partial charge in [-0.3, -0.25) is 9.59 Å². The normalized spacial score (nSPS) is 13.8. The fraction of sp³-hybridized carbons (Fsp3) is 0.286. The van der Waals surface area contributed by atoms with E-state index in [2.05, 4.69) is 10.3 Å². The van der Waals surface area contributed by atoms with Gasteiger partial charge in [0.1, 0.15) is 11.8 Å². The van der Waals surface area contributed by atoms with Crippen LogP contribution in [0, 0.1) is 0 Å². The standard InChI is InChI=1S/C14H17N3O4/c1-7(14(20)21)17-13(19)11(15)4-8-6-16-12-3-2-9(18)5-10(8)12/h2-3,5-7,11,16,18H,4,15H2,1H3,(H,17,19)(H,20,21). The van der Waals surface area contributed by atoms with Crippen LogP contribution in [0.5, 0.6) is 5.75 Å². The molecule has 0 saturated carbocycles. The van der Waals surface area contributed by atoms with E-state index in [0.717, 1.165) is 16.5 Å². The third-order valence-corrected chi connectivity index (χ3v) is 3.26. The molecular formula is C14H17N3O4. The predicted molar refractivity (Wildman–Crippen MR) is 76.9 cm³/mol. The van der Waals surface area contributed by atoms with Gasteiger partial charge in [-0.15, -0.1) is 0 Å². The maximum absolute atomic E-state index is 11.8. The van der Waals surface area contributed by atoms with Gasteiger partial charge in [-0.25, -0.2) is 0 Å². The Balaban J connectivity index is 2.10. The van der Waals surface area contributed by atoms with Crippen LogP contribution in [0.4, 0.5) is 0 Å². The molecule has 2 unspecified atom stereocenters. The van der Waals surface area contributed by atoms with Crippen LogP contribution in [0.25, 0.3) is 10.9 Å². The molecule has 0 saturated heterocycles. The summed E-state index contributed by atoms with van der Waals surface area (Å²) in [4.78, 5) is 25.6. The molecule has 1 aromatic carbocycles. The first-order chi connectivity index (χ1) is 9.88. The highest BCUT2D eigenvalue weighted by molar-refractivity contribution is 5.88. The summed E-state index contributed by atoms with van der Waals surface area (Å²) in [6.45, 7) is 1.37. The van der Waals surface area contributed by atoms with Crippen molar-refractivity contribution in [2.75, 3.05) is 0 Å². The fourth-order valence-corrected chi connectivity index (χ4v) is 2.05. The number of hydrogen-bond donors (Lipinski definition) is 5. The molecule has 7 nitrogen and oxygen atoms in total. The number of fused-ring (bicyclic) bond motifs is 1. The number of aliphatic carboxylic acids is 1. The number of carbonyl (C=O) groups is 2. The fourth-order valence-electron chi connectivity index (χ4n) is 2.05. The Hall–Kier alpha value is -2.54. The highest BCUT2D eigenvalue weighted by Crippen LogP contribution is 2.23. The molecule has 2 aromatic rings. The molecule has 0 spiro atoms. The van der Waals surface area contributed by atoms with Crippen molar-refractivity contribution in [2.24, 2.45) is 5.73 Å². The van der Waals surface area contributed by atoms with Crippen molar-refractivity contribution in [1.82, 2.24) is 10.3 Å². The number of carboxylic acid groups (broad SMARTS) is 1. The lowest BCUT2D eigenvalue weighted by Crippen LogP contribution is -2.47. The van der Waals surface area contributed by atoms with E-state index in [4.69, 9.17) is 10.8 Å². The lowest BCUT2D eigenvalue weighted by Gasteiger charge is -2.14. The van der Waals surface area contributed by atoms with Crippen molar-refractivity contribution >= 4 is 22.8 Å². The smallest absolute Gasteiger partial charge is 0.325 e. The van der Waals surface area contributed by atoms with Crippen molar-refractivity contribution in [3.05, 3.63) is 30.0 Å². The van der Waals surface area contributed by atoms with E-state index in [-0.39, 0.29) is 12.2 Å². The number of carbonyl (C=O) groups excluding carboxylic acids is 1. The minimum absolute atomic E-state index is 0.126. The molecule has 0 aliphatic heterocycles. The van der Waals surface area contributed by atoms with Gasteiger partial charge in [0.2, 0.25) is 5.91 Å². The Morgan fingerprint density at radius 1 is 1.43 bits per heavy atom. The largest absolute Gasteiger partial charge is 0.508 e. The molecule has 0 fully saturated rings. The number of aromatic amines is 1. The molecular weight excluding hydrogens is 274 g/mol. The first-order valence-electron chi connectivity index (χ1n) is 6.46. The van der Waals surface area contributed by atoms with E-state index >= 15 is 0 Å². The molecule has 1 heterocycles. The summed E-state index contributed by atoms with van der Waals surface area (Å²) in [5, 5.41) is 21.4. The molecule has 2 rings (SSSR count). The number of rotatable bonds is 5. The number of benzene rings is 1. The van der Waals surface area contributed by atoms with Gasteiger partial charge < -0.3 is 26.2 Å². The summed E-state index contributed by atoms with van der Waals surface area (Å²) in [7, 11) is 0. The van der Waals surface area contributed by atoms with E-state index in [0.29, 0.717) is 0 Å². The van der Waals surface area contributed by atoms with Crippen LogP contribution in [-0.2, 0) is 16.0 Å². The van der Waals surface area contributed by atoms with Gasteiger partial charge in [-0.05, 0) is 37.1 Å². The summed E-state index contributed by atoms with van der Waals surface area (Å²) in [5.74, 6) is -1.52. The summed E-state index contributed by atoms with van der Waals surface area (Å²) in [6, 6.07) is 3.02. The van der Waals surface area contributed by atoms with E-state index in [9.17, 15) is 14.7 Å². The summed E-state index contributed by atoms with van der Waals surface area (Å²) in [6.07, 6.45) is 1.96. The topological polar surface area (TPSA) is 128 Å². The number of nitrogens with two attached hydrogens (primary N) is 1. The number of aromatic hydroxyl groups is 1. The Morgan fingerprint density at radius 2 is 2.14 bits per heavy atom. The van der Waals surface area contributed by atoms with Crippen LogP contribution in [0.3, 0.4) is 0 Å². The zero-order valence-electron chi connectivity index (χ0n) is 11.5. The molecule has 0 radical (unpaired) electrons. The van der Waals surface area contributed by atoms with Gasteiger partial charge in [0.15, 0.2) is 0 Å². The van der Waals surface area contributed by atoms with Crippen LogP contribution >= 0.6 is 0 Å². The van der Waals surface area contributed by atoms with Crippen molar-refractivity contribution in [3.63, 3.8) is 0 Å². The molecule has 112 valence electrons. The monoisotopic (exact) mass is 291 g/mol. The second kappa shape index (κ2) is 5.84. The van der Waals surface area contributed by atoms with Crippen LogP contribution in [0.15, 0.2) is 24.4 Å². The Labute approximate surface area is 120 Å². The number of H-pyrrole nitrogens is 1. The van der Waals surface area contributed by atoms with Crippen molar-refractivity contribution in [2.45, 2.75) is 25.4 Å². The van der Waals surface area contributed by atoms with Crippen LogP contribution in [-0.4, -0.2) is 39.2 Å². The molecule has 6 N–H and O–H groups in total. The summed E-state index contributed by atoms with van der Waals surface area (Å²) >= 11 is 0. The maximum atomic E-state index is 11.8. The highest BCUT2D eigenvalue weighted by Gasteiger charge is 2.20. The zero-order valence-corrected chi connectivity index (χ0v) is 11.5. The minimum Gasteiger partial charge on any atom is -0.508 e. The van der Waals surface area contributed by atoms with Gasteiger partial charge in [0.05, 0.1) is 6.04 Å². The molecule has 7 heteroatoms. The van der Waals surface area contributed by atoms with Crippen molar-refractivity contribution in [1.29, 1.82) is 0 Å². The number of aromatic nitrogens is 1. The number of amides is 1. The average molecular weight is 291 g/mol. The number of nitrogens with one attached hydrogen (secondary N) is 2. The van der Waals surface area contributed by atoms with E-state index in [1.807, 2.05) is 0 Å². The SMILES string of the molecule is CC(NC(=O)C(N)Cc1c[nH]c2ccc(O)cc12)C(=O)O. The zero-order chi connectivity index (χ0) is 15.6. The third-order valence-electron chi connectivity index (χ3n) is 3.26. The van der Waals surface area contributed by atoms with E-state index < -0.39 is 24.0 Å². The Morgan fingerprint density at radius 3 is 2.81 bits per heavy atom. The number of phenols is 1. The number of carboxylic acids is 1. The number of phenolic OH excluding ortho intramolecular Hbond substituents is 1. The predicted octanol–water partition coefficient (Wildman–Crippen LogP) is 0.333. The lowest BCUT2D eigenvalue weighted by atomic mass is 10.0. The second-order valence-electron chi connectivity index (χ2n) is 4.92. The molecule has 1 amide bonds. The van der Waals surface area contributed by atoms with Gasteiger partial charge in [-0.2, -0.15) is 0 Å². The molecule has 0 aliphatic carbocycles. The molecule has 0 bridgehead atoms. The van der Waals surface area contributed by atoms with E-state index in [1.165, 1.54) is 6.92 Å². The molecule has 1 aromatic heterocycles. The van der Waals surface area contributed by atoms with Gasteiger partial charge in [0.25, 0.3) is 0 Å².